The van der Waals surface area contributed by atoms with Crippen molar-refractivity contribution in [3.8, 4) is 11.5 Å². The average Bonchev–Trinajstić information content (AvgIpc) is 2.84. The summed E-state index contributed by atoms with van der Waals surface area (Å²) in [6.45, 7) is 0.635. The number of carboxylic acid groups (broad SMARTS) is 1. The van der Waals surface area contributed by atoms with Gasteiger partial charge in [-0.1, -0.05) is 0 Å². The van der Waals surface area contributed by atoms with Gasteiger partial charge in [0.25, 0.3) is 5.91 Å². The molecule has 6 nitrogen and oxygen atoms in total. The molecule has 0 atom stereocenters. The van der Waals surface area contributed by atoms with Gasteiger partial charge in [-0.3, -0.25) is 9.59 Å². The van der Waals surface area contributed by atoms with E-state index in [1.54, 1.807) is 18.2 Å². The molecule has 0 bridgehead atoms. The predicted molar refractivity (Wildman–Crippen MR) is 66.4 cm³/mol. The molecule has 2 rings (SSSR count). The van der Waals surface area contributed by atoms with Crippen LogP contribution in [0.1, 0.15) is 29.6 Å². The van der Waals surface area contributed by atoms with Gasteiger partial charge in [0.2, 0.25) is 6.79 Å². The predicted octanol–water partition coefficient (Wildman–Crippen LogP) is 1.40. The van der Waals surface area contributed by atoms with Crippen LogP contribution in [0, 0.1) is 0 Å². The largest absolute Gasteiger partial charge is 0.481 e. The molecule has 6 heteroatoms. The maximum atomic E-state index is 11.8. The average molecular weight is 265 g/mol. The summed E-state index contributed by atoms with van der Waals surface area (Å²) in [7, 11) is 0. The van der Waals surface area contributed by atoms with Crippen LogP contribution in [-0.2, 0) is 4.79 Å². The first kappa shape index (κ1) is 13.2. The van der Waals surface area contributed by atoms with Crippen molar-refractivity contribution in [3.05, 3.63) is 23.8 Å². The van der Waals surface area contributed by atoms with Gasteiger partial charge in [0.05, 0.1) is 0 Å². The van der Waals surface area contributed by atoms with Crippen LogP contribution in [0.15, 0.2) is 18.2 Å². The van der Waals surface area contributed by atoms with E-state index in [2.05, 4.69) is 5.32 Å². The second-order valence-electron chi connectivity index (χ2n) is 4.17. The minimum Gasteiger partial charge on any atom is -0.481 e. The standard InChI is InChI=1S/C13H15NO5/c15-12(16)3-1-2-6-14-13(17)9-4-5-10-11(7-9)19-8-18-10/h4-5,7H,1-3,6,8H2,(H,14,17)(H,15,16). The number of unbranched alkanes of at least 4 members (excludes halogenated alkanes) is 1. The number of amides is 1. The van der Waals surface area contributed by atoms with E-state index in [0.29, 0.717) is 36.4 Å². The number of fused-ring (bicyclic) bond motifs is 1. The van der Waals surface area contributed by atoms with Crippen LogP contribution in [-0.4, -0.2) is 30.3 Å². The van der Waals surface area contributed by atoms with E-state index >= 15 is 0 Å². The van der Waals surface area contributed by atoms with E-state index < -0.39 is 5.97 Å². The van der Waals surface area contributed by atoms with E-state index in [-0.39, 0.29) is 19.1 Å². The highest BCUT2D eigenvalue weighted by molar-refractivity contribution is 5.94. The Hall–Kier alpha value is -2.24. The van der Waals surface area contributed by atoms with E-state index in [9.17, 15) is 9.59 Å². The molecule has 0 aromatic heterocycles. The number of carbonyl (C=O) groups is 2. The quantitative estimate of drug-likeness (QED) is 0.759. The van der Waals surface area contributed by atoms with Crippen molar-refractivity contribution in [3.63, 3.8) is 0 Å². The Kier molecular flexibility index (Phi) is 4.22. The Morgan fingerprint density at radius 1 is 1.21 bits per heavy atom. The van der Waals surface area contributed by atoms with E-state index in [4.69, 9.17) is 14.6 Å². The van der Waals surface area contributed by atoms with E-state index in [1.807, 2.05) is 0 Å². The number of hydrogen-bond donors (Lipinski definition) is 2. The van der Waals surface area contributed by atoms with Crippen molar-refractivity contribution >= 4 is 11.9 Å². The van der Waals surface area contributed by atoms with Crippen molar-refractivity contribution in [2.45, 2.75) is 19.3 Å². The molecule has 102 valence electrons. The van der Waals surface area contributed by atoms with Crippen molar-refractivity contribution < 1.29 is 24.2 Å². The van der Waals surface area contributed by atoms with Crippen LogP contribution in [0.25, 0.3) is 0 Å². The number of carboxylic acids is 1. The SMILES string of the molecule is O=C(O)CCCCNC(=O)c1ccc2c(c1)OCO2. The smallest absolute Gasteiger partial charge is 0.303 e. The van der Waals surface area contributed by atoms with Crippen LogP contribution in [0.5, 0.6) is 11.5 Å². The van der Waals surface area contributed by atoms with Gasteiger partial charge < -0.3 is 19.9 Å². The number of nitrogens with one attached hydrogen (secondary N) is 1. The van der Waals surface area contributed by atoms with Crippen molar-refractivity contribution in [1.82, 2.24) is 5.32 Å². The Morgan fingerprint density at radius 3 is 2.79 bits per heavy atom. The topological polar surface area (TPSA) is 84.9 Å². The van der Waals surface area contributed by atoms with Crippen LogP contribution in [0.4, 0.5) is 0 Å². The molecule has 0 unspecified atom stereocenters. The molecule has 1 aliphatic heterocycles. The maximum absolute atomic E-state index is 11.8. The lowest BCUT2D eigenvalue weighted by Gasteiger charge is -2.05. The number of rotatable bonds is 6. The minimum atomic E-state index is -0.818. The zero-order chi connectivity index (χ0) is 13.7. The molecule has 0 saturated carbocycles. The lowest BCUT2D eigenvalue weighted by molar-refractivity contribution is -0.137. The molecule has 0 fully saturated rings. The highest BCUT2D eigenvalue weighted by atomic mass is 16.7. The van der Waals surface area contributed by atoms with Crippen LogP contribution >= 0.6 is 0 Å². The van der Waals surface area contributed by atoms with Gasteiger partial charge >= 0.3 is 5.97 Å². The Labute approximate surface area is 110 Å². The number of carbonyl (C=O) groups excluding carboxylic acids is 1. The molecule has 2 N–H and O–H groups in total. The zero-order valence-corrected chi connectivity index (χ0v) is 10.3. The van der Waals surface area contributed by atoms with Gasteiger partial charge in [-0.15, -0.1) is 0 Å². The molecule has 1 heterocycles. The molecule has 0 aliphatic carbocycles. The van der Waals surface area contributed by atoms with E-state index in [0.717, 1.165) is 0 Å². The highest BCUT2D eigenvalue weighted by Gasteiger charge is 2.15. The van der Waals surface area contributed by atoms with Gasteiger partial charge in [0.15, 0.2) is 11.5 Å². The summed E-state index contributed by atoms with van der Waals surface area (Å²) < 4.78 is 10.4. The lowest BCUT2D eigenvalue weighted by Crippen LogP contribution is -2.24. The normalized spacial score (nSPS) is 12.2. The third-order valence-electron chi connectivity index (χ3n) is 2.74. The van der Waals surface area contributed by atoms with Crippen LogP contribution in [0.3, 0.4) is 0 Å². The molecular formula is C13H15NO5. The van der Waals surface area contributed by atoms with E-state index in [1.165, 1.54) is 0 Å². The van der Waals surface area contributed by atoms with Crippen molar-refractivity contribution in [1.29, 1.82) is 0 Å². The molecule has 1 aromatic carbocycles. The first-order valence-electron chi connectivity index (χ1n) is 6.06. The monoisotopic (exact) mass is 265 g/mol. The third kappa shape index (κ3) is 3.61. The number of hydrogen-bond acceptors (Lipinski definition) is 4. The van der Waals surface area contributed by atoms with Gasteiger partial charge in [0, 0.05) is 18.5 Å². The first-order valence-corrected chi connectivity index (χ1v) is 6.06. The number of benzene rings is 1. The molecule has 0 saturated heterocycles. The summed E-state index contributed by atoms with van der Waals surface area (Å²) >= 11 is 0. The number of ether oxygens (including phenoxy) is 2. The Bertz CT molecular complexity index is 486. The summed E-state index contributed by atoms with van der Waals surface area (Å²) in [5.74, 6) is 0.187. The minimum absolute atomic E-state index is 0.125. The van der Waals surface area contributed by atoms with Gasteiger partial charge in [-0.05, 0) is 31.0 Å². The summed E-state index contributed by atoms with van der Waals surface area (Å²) in [6.07, 6.45) is 1.32. The van der Waals surface area contributed by atoms with Crippen molar-refractivity contribution in [2.24, 2.45) is 0 Å². The van der Waals surface area contributed by atoms with Crippen LogP contribution in [0.2, 0.25) is 0 Å². The van der Waals surface area contributed by atoms with Gasteiger partial charge in [0.1, 0.15) is 0 Å². The lowest BCUT2D eigenvalue weighted by atomic mass is 10.2. The molecule has 0 spiro atoms. The summed E-state index contributed by atoms with van der Waals surface area (Å²) in [6, 6.07) is 5.00. The Balaban J connectivity index is 1.78. The van der Waals surface area contributed by atoms with Crippen molar-refractivity contribution in [2.75, 3.05) is 13.3 Å². The first-order chi connectivity index (χ1) is 9.16. The Morgan fingerprint density at radius 2 is 2.00 bits per heavy atom. The molecule has 1 aliphatic rings. The fraction of sp³-hybridized carbons (Fsp3) is 0.385. The molecule has 0 radical (unpaired) electrons. The third-order valence-corrected chi connectivity index (χ3v) is 2.74. The van der Waals surface area contributed by atoms with Gasteiger partial charge in [-0.2, -0.15) is 0 Å². The fourth-order valence-corrected chi connectivity index (χ4v) is 1.74. The molecule has 19 heavy (non-hydrogen) atoms. The molecular weight excluding hydrogens is 250 g/mol. The second kappa shape index (κ2) is 6.08. The number of aliphatic carboxylic acids is 1. The summed E-state index contributed by atoms with van der Waals surface area (Å²) in [5, 5.41) is 11.2. The zero-order valence-electron chi connectivity index (χ0n) is 10.3. The van der Waals surface area contributed by atoms with Gasteiger partial charge in [-0.25, -0.2) is 0 Å². The maximum Gasteiger partial charge on any atom is 0.303 e. The van der Waals surface area contributed by atoms with Crippen LogP contribution < -0.4 is 14.8 Å². The highest BCUT2D eigenvalue weighted by Crippen LogP contribution is 2.32. The fourth-order valence-electron chi connectivity index (χ4n) is 1.74. The molecule has 1 aromatic rings. The molecule has 1 amide bonds. The summed E-state index contributed by atoms with van der Waals surface area (Å²) in [4.78, 5) is 22.1. The summed E-state index contributed by atoms with van der Waals surface area (Å²) in [5.41, 5.74) is 0.502. The second-order valence-corrected chi connectivity index (χ2v) is 4.17.